The van der Waals surface area contributed by atoms with Crippen LogP contribution in [0.1, 0.15) is 27.0 Å². The Morgan fingerprint density at radius 3 is 2.48 bits per heavy atom. The van der Waals surface area contributed by atoms with Crippen LogP contribution in [-0.2, 0) is 4.79 Å². The molecular weight excluding hydrogens is 438 g/mol. The molecule has 1 aromatic carbocycles. The Labute approximate surface area is 168 Å². The van der Waals surface area contributed by atoms with Crippen molar-refractivity contribution in [3.8, 4) is 11.5 Å². The Hall–Kier alpha value is -2.59. The summed E-state index contributed by atoms with van der Waals surface area (Å²) in [6.45, 7) is 2.03. The van der Waals surface area contributed by atoms with Crippen LogP contribution in [0.3, 0.4) is 0 Å². The van der Waals surface area contributed by atoms with Gasteiger partial charge in [-0.2, -0.15) is 0 Å². The molecule has 144 valence electrons. The fourth-order valence-electron chi connectivity index (χ4n) is 2.01. The highest BCUT2D eigenvalue weighted by Crippen LogP contribution is 2.27. The highest BCUT2D eigenvalue weighted by atomic mass is 79.9. The third-order valence-electron chi connectivity index (χ3n) is 3.25. The number of methoxy groups -OCH3 is 1. The number of thiophene rings is 1. The molecule has 0 saturated heterocycles. The van der Waals surface area contributed by atoms with Gasteiger partial charge < -0.3 is 14.8 Å². The Morgan fingerprint density at radius 1 is 1.07 bits per heavy atom. The molecule has 8 nitrogen and oxygen atoms in total. The summed E-state index contributed by atoms with van der Waals surface area (Å²) in [4.78, 5) is 36.3. The zero-order chi connectivity index (χ0) is 19.8. The van der Waals surface area contributed by atoms with Crippen molar-refractivity contribution in [1.82, 2.24) is 16.2 Å². The molecular formula is C17H18BrN3O5S. The van der Waals surface area contributed by atoms with Crippen LogP contribution >= 0.6 is 27.3 Å². The van der Waals surface area contributed by atoms with Crippen molar-refractivity contribution in [2.24, 2.45) is 0 Å². The number of amides is 3. The molecule has 0 aliphatic rings. The minimum absolute atomic E-state index is 0.277. The molecule has 3 amide bonds. The number of hydrogen-bond donors (Lipinski definition) is 3. The number of hydrazine groups is 1. The number of halogens is 1. The van der Waals surface area contributed by atoms with E-state index in [1.54, 1.807) is 24.3 Å². The van der Waals surface area contributed by atoms with Gasteiger partial charge in [0.1, 0.15) is 0 Å². The smallest absolute Gasteiger partial charge is 0.269 e. The third kappa shape index (κ3) is 5.97. The minimum Gasteiger partial charge on any atom is -0.493 e. The van der Waals surface area contributed by atoms with Gasteiger partial charge >= 0.3 is 0 Å². The second-order valence-corrected chi connectivity index (χ2v) is 7.55. The number of hydrogen-bond acceptors (Lipinski definition) is 6. The summed E-state index contributed by atoms with van der Waals surface area (Å²) in [5.41, 5.74) is 4.80. The Bertz CT molecular complexity index is 840. The summed E-state index contributed by atoms with van der Waals surface area (Å²) in [6.07, 6.45) is 0. The predicted molar refractivity (Wildman–Crippen MR) is 104 cm³/mol. The van der Waals surface area contributed by atoms with Gasteiger partial charge in [-0.05, 0) is 53.2 Å². The maximum Gasteiger partial charge on any atom is 0.269 e. The van der Waals surface area contributed by atoms with Gasteiger partial charge in [-0.3, -0.25) is 25.2 Å². The zero-order valence-corrected chi connectivity index (χ0v) is 17.0. The second kappa shape index (κ2) is 9.93. The Kier molecular flexibility index (Phi) is 7.62. The number of nitrogens with one attached hydrogen (secondary N) is 3. The normalized spacial score (nSPS) is 10.0. The van der Waals surface area contributed by atoms with Crippen molar-refractivity contribution >= 4 is 45.0 Å². The van der Waals surface area contributed by atoms with Gasteiger partial charge in [0.05, 0.1) is 28.9 Å². The summed E-state index contributed by atoms with van der Waals surface area (Å²) in [6, 6.07) is 8.04. The lowest BCUT2D eigenvalue weighted by atomic mass is 10.2. The zero-order valence-electron chi connectivity index (χ0n) is 14.6. The van der Waals surface area contributed by atoms with E-state index in [-0.39, 0.29) is 18.0 Å². The first-order chi connectivity index (χ1) is 12.9. The van der Waals surface area contributed by atoms with Crippen LogP contribution in [0.5, 0.6) is 11.5 Å². The molecule has 1 aromatic heterocycles. The van der Waals surface area contributed by atoms with Crippen LogP contribution in [0.25, 0.3) is 0 Å². The maximum atomic E-state index is 12.1. The molecule has 1 heterocycles. The summed E-state index contributed by atoms with van der Waals surface area (Å²) in [5, 5.41) is 2.47. The molecule has 0 aliphatic carbocycles. The van der Waals surface area contributed by atoms with Crippen molar-refractivity contribution in [3.63, 3.8) is 0 Å². The van der Waals surface area contributed by atoms with Crippen LogP contribution in [-0.4, -0.2) is 38.0 Å². The molecule has 0 fully saturated rings. The third-order valence-corrected chi connectivity index (χ3v) is 4.87. The molecule has 0 atom stereocenters. The molecule has 0 spiro atoms. The topological polar surface area (TPSA) is 106 Å². The lowest BCUT2D eigenvalue weighted by Crippen LogP contribution is -2.46. The molecule has 0 aliphatic heterocycles. The highest BCUT2D eigenvalue weighted by molar-refractivity contribution is 9.11. The number of carbonyl (C=O) groups is 3. The summed E-state index contributed by atoms with van der Waals surface area (Å²) < 4.78 is 11.4. The molecule has 2 rings (SSSR count). The van der Waals surface area contributed by atoms with E-state index in [1.165, 1.54) is 24.5 Å². The van der Waals surface area contributed by atoms with Crippen molar-refractivity contribution in [2.75, 3.05) is 20.3 Å². The molecule has 0 radical (unpaired) electrons. The quantitative estimate of drug-likeness (QED) is 0.554. The van der Waals surface area contributed by atoms with Gasteiger partial charge in [-0.15, -0.1) is 11.3 Å². The van der Waals surface area contributed by atoms with Crippen molar-refractivity contribution < 1.29 is 23.9 Å². The molecule has 10 heteroatoms. The number of ether oxygens (including phenoxy) is 2. The minimum atomic E-state index is -0.565. The van der Waals surface area contributed by atoms with Crippen LogP contribution in [0, 0.1) is 0 Å². The Morgan fingerprint density at radius 2 is 1.85 bits per heavy atom. The fraction of sp³-hybridized carbons (Fsp3) is 0.235. The molecule has 27 heavy (non-hydrogen) atoms. The summed E-state index contributed by atoms with van der Waals surface area (Å²) in [5.74, 6) is -0.541. The van der Waals surface area contributed by atoms with E-state index in [0.717, 1.165) is 3.79 Å². The molecule has 0 bridgehead atoms. The average Bonchev–Trinajstić information content (AvgIpc) is 3.11. The first-order valence-electron chi connectivity index (χ1n) is 7.88. The van der Waals surface area contributed by atoms with Gasteiger partial charge in [0.15, 0.2) is 11.5 Å². The van der Waals surface area contributed by atoms with Gasteiger partial charge in [0.25, 0.3) is 17.7 Å². The Balaban J connectivity index is 1.84. The van der Waals surface area contributed by atoms with E-state index in [9.17, 15) is 14.4 Å². The highest BCUT2D eigenvalue weighted by Gasteiger charge is 2.13. The van der Waals surface area contributed by atoms with Gasteiger partial charge in [0.2, 0.25) is 0 Å². The first kappa shape index (κ1) is 20.7. The van der Waals surface area contributed by atoms with Crippen LogP contribution < -0.4 is 25.6 Å². The van der Waals surface area contributed by atoms with Gasteiger partial charge in [0, 0.05) is 5.56 Å². The van der Waals surface area contributed by atoms with Crippen LogP contribution in [0.15, 0.2) is 34.1 Å². The van der Waals surface area contributed by atoms with E-state index in [4.69, 9.17) is 9.47 Å². The molecule has 3 N–H and O–H groups in total. The number of rotatable bonds is 7. The SMILES string of the molecule is CCOc1ccc(C(=O)NNC(=O)CNC(=O)c2ccc(Br)s2)cc1OC. The van der Waals surface area contributed by atoms with E-state index in [1.807, 2.05) is 6.92 Å². The standard InChI is InChI=1S/C17H18BrN3O5S/c1-3-26-11-5-4-10(8-12(11)25-2)16(23)21-20-15(22)9-19-17(24)13-6-7-14(18)27-13/h4-8H,3,9H2,1-2H3,(H,19,24)(H,20,22)(H,21,23). The van der Waals surface area contributed by atoms with Crippen LogP contribution in [0.4, 0.5) is 0 Å². The molecule has 0 unspecified atom stereocenters. The monoisotopic (exact) mass is 455 g/mol. The second-order valence-electron chi connectivity index (χ2n) is 5.09. The first-order valence-corrected chi connectivity index (χ1v) is 9.49. The summed E-state index contributed by atoms with van der Waals surface area (Å²) in [7, 11) is 1.47. The van der Waals surface area contributed by atoms with Gasteiger partial charge in [-0.25, -0.2) is 0 Å². The van der Waals surface area contributed by atoms with Crippen LogP contribution in [0.2, 0.25) is 0 Å². The lowest BCUT2D eigenvalue weighted by molar-refractivity contribution is -0.120. The molecule has 0 saturated carbocycles. The van der Waals surface area contributed by atoms with Gasteiger partial charge in [-0.1, -0.05) is 0 Å². The average molecular weight is 456 g/mol. The van der Waals surface area contributed by atoms with E-state index < -0.39 is 11.8 Å². The predicted octanol–water partition coefficient (Wildman–Crippen LogP) is 2.11. The maximum absolute atomic E-state index is 12.1. The van der Waals surface area contributed by atoms with E-state index in [0.29, 0.717) is 23.0 Å². The van der Waals surface area contributed by atoms with Crippen molar-refractivity contribution in [3.05, 3.63) is 44.6 Å². The van der Waals surface area contributed by atoms with Crippen molar-refractivity contribution in [2.45, 2.75) is 6.92 Å². The van der Waals surface area contributed by atoms with E-state index in [2.05, 4.69) is 32.1 Å². The van der Waals surface area contributed by atoms with Crippen molar-refractivity contribution in [1.29, 1.82) is 0 Å². The molecule has 2 aromatic rings. The van der Waals surface area contributed by atoms with E-state index >= 15 is 0 Å². The fourth-order valence-corrected chi connectivity index (χ4v) is 3.31. The number of benzene rings is 1. The summed E-state index contributed by atoms with van der Waals surface area (Å²) >= 11 is 4.51. The number of carbonyl (C=O) groups excluding carboxylic acids is 3. The largest absolute Gasteiger partial charge is 0.493 e. The lowest BCUT2D eigenvalue weighted by Gasteiger charge is -2.12.